The summed E-state index contributed by atoms with van der Waals surface area (Å²) in [5.41, 5.74) is 7.49. The first-order valence-electron chi connectivity index (χ1n) is 12.3. The molecule has 3 aromatic carbocycles. The lowest BCUT2D eigenvalue weighted by Crippen LogP contribution is -2.35. The van der Waals surface area contributed by atoms with Crippen LogP contribution in [0, 0.1) is 17.6 Å². The molecule has 0 unspecified atom stereocenters. The van der Waals surface area contributed by atoms with E-state index in [1.807, 2.05) is 24.3 Å². The van der Waals surface area contributed by atoms with E-state index in [1.165, 1.54) is 29.8 Å². The SMILES string of the molecule is COc1ccc(C2=CSC3=NC4=C(C[C@H](C)C/C4=C\c4ccc(F)cc4)[C@H](c4ccc(F)cc4)N23)cc1. The molecule has 3 aromatic rings. The first kappa shape index (κ1) is 23.7. The summed E-state index contributed by atoms with van der Waals surface area (Å²) >= 11 is 1.61. The molecule has 0 spiro atoms. The fraction of sp³-hybridized carbons (Fsp3) is 0.194. The Morgan fingerprint density at radius 3 is 2.27 bits per heavy atom. The van der Waals surface area contributed by atoms with Gasteiger partial charge in [0.15, 0.2) is 5.17 Å². The molecule has 0 amide bonds. The van der Waals surface area contributed by atoms with Crippen molar-refractivity contribution in [3.63, 3.8) is 0 Å². The topological polar surface area (TPSA) is 24.8 Å². The Morgan fingerprint density at radius 2 is 1.59 bits per heavy atom. The number of nitrogens with zero attached hydrogens (tertiary/aromatic N) is 2. The van der Waals surface area contributed by atoms with Gasteiger partial charge < -0.3 is 9.64 Å². The van der Waals surface area contributed by atoms with Gasteiger partial charge in [-0.1, -0.05) is 43.0 Å². The number of halogens is 2. The number of methoxy groups -OCH3 is 1. The molecule has 0 bridgehead atoms. The molecular weight excluding hydrogens is 486 g/mol. The first-order chi connectivity index (χ1) is 18.0. The van der Waals surface area contributed by atoms with E-state index in [4.69, 9.17) is 9.73 Å². The average molecular weight is 513 g/mol. The van der Waals surface area contributed by atoms with Gasteiger partial charge in [-0.3, -0.25) is 0 Å². The zero-order valence-electron chi connectivity index (χ0n) is 20.6. The molecule has 0 radical (unpaired) electrons. The molecule has 0 N–H and O–H groups in total. The minimum absolute atomic E-state index is 0.106. The molecule has 0 fully saturated rings. The minimum atomic E-state index is -0.252. The van der Waals surface area contributed by atoms with E-state index in [0.717, 1.165) is 57.4 Å². The van der Waals surface area contributed by atoms with Crippen LogP contribution in [0.3, 0.4) is 0 Å². The van der Waals surface area contributed by atoms with Crippen LogP contribution in [0.2, 0.25) is 0 Å². The third kappa shape index (κ3) is 4.51. The molecule has 0 aromatic heterocycles. The molecule has 0 saturated heterocycles. The summed E-state index contributed by atoms with van der Waals surface area (Å²) in [4.78, 5) is 7.47. The molecule has 186 valence electrons. The number of aliphatic imine (C=N–C) groups is 1. The number of benzene rings is 3. The highest BCUT2D eigenvalue weighted by atomic mass is 32.2. The van der Waals surface area contributed by atoms with Crippen molar-refractivity contribution in [2.45, 2.75) is 25.8 Å². The number of allylic oxidation sites excluding steroid dienone is 1. The molecule has 2 aliphatic heterocycles. The van der Waals surface area contributed by atoms with Crippen molar-refractivity contribution >= 4 is 28.7 Å². The van der Waals surface area contributed by atoms with Gasteiger partial charge in [0.05, 0.1) is 24.5 Å². The minimum Gasteiger partial charge on any atom is -0.497 e. The zero-order chi connectivity index (χ0) is 25.5. The highest BCUT2D eigenvalue weighted by molar-refractivity contribution is 8.16. The van der Waals surface area contributed by atoms with Gasteiger partial charge in [-0.15, -0.1) is 0 Å². The van der Waals surface area contributed by atoms with Crippen molar-refractivity contribution in [1.29, 1.82) is 0 Å². The molecular formula is C31H26F2N2OS. The van der Waals surface area contributed by atoms with Crippen LogP contribution in [0.5, 0.6) is 5.75 Å². The smallest absolute Gasteiger partial charge is 0.174 e. The first-order valence-corrected chi connectivity index (χ1v) is 13.2. The monoisotopic (exact) mass is 512 g/mol. The van der Waals surface area contributed by atoms with Crippen molar-refractivity contribution in [3.05, 3.63) is 123 Å². The lowest BCUT2D eigenvalue weighted by Gasteiger charge is -2.41. The molecule has 0 saturated carbocycles. The zero-order valence-corrected chi connectivity index (χ0v) is 21.4. The van der Waals surface area contributed by atoms with Crippen molar-refractivity contribution < 1.29 is 13.5 Å². The van der Waals surface area contributed by atoms with Crippen molar-refractivity contribution in [3.8, 4) is 5.75 Å². The van der Waals surface area contributed by atoms with Gasteiger partial charge in [0, 0.05) is 5.41 Å². The third-order valence-electron chi connectivity index (χ3n) is 7.06. The van der Waals surface area contributed by atoms with Crippen LogP contribution in [-0.4, -0.2) is 17.2 Å². The quantitative estimate of drug-likeness (QED) is 0.352. The van der Waals surface area contributed by atoms with E-state index in [9.17, 15) is 8.78 Å². The van der Waals surface area contributed by atoms with E-state index >= 15 is 0 Å². The van der Waals surface area contributed by atoms with Crippen LogP contribution in [-0.2, 0) is 0 Å². The van der Waals surface area contributed by atoms with Gasteiger partial charge in [0.25, 0.3) is 0 Å². The highest BCUT2D eigenvalue weighted by Gasteiger charge is 2.41. The van der Waals surface area contributed by atoms with Crippen molar-refractivity contribution in [2.24, 2.45) is 10.9 Å². The second-order valence-corrected chi connectivity index (χ2v) is 10.5. The Balaban J connectivity index is 1.49. The average Bonchev–Trinajstić information content (AvgIpc) is 3.33. The lowest BCUT2D eigenvalue weighted by atomic mass is 9.78. The number of rotatable bonds is 4. The lowest BCUT2D eigenvalue weighted by molar-refractivity contribution is 0.414. The van der Waals surface area contributed by atoms with Gasteiger partial charge in [0.2, 0.25) is 0 Å². The van der Waals surface area contributed by atoms with Crippen LogP contribution < -0.4 is 4.74 Å². The fourth-order valence-corrected chi connectivity index (χ4v) is 6.29. The van der Waals surface area contributed by atoms with Gasteiger partial charge in [-0.05, 0) is 101 Å². The van der Waals surface area contributed by atoms with Crippen LogP contribution in [0.1, 0.15) is 42.5 Å². The largest absolute Gasteiger partial charge is 0.497 e. The standard InChI is InChI=1S/C31H26F2N2OS/c1-19-15-23(17-20-3-9-24(32)10-4-20)29-27(16-19)30(22-5-11-25(33)12-6-22)35-28(18-37-31(35)34-29)21-7-13-26(36-2)14-8-21/h3-14,17-19,30H,15-16H2,1-2H3/b23-17+/t19-,30+/m1/s1. The number of fused-ring (bicyclic) bond motifs is 1. The molecule has 6 heteroatoms. The summed E-state index contributed by atoms with van der Waals surface area (Å²) in [5.74, 6) is 0.717. The van der Waals surface area contributed by atoms with E-state index in [-0.39, 0.29) is 17.7 Å². The molecule has 2 atom stereocenters. The Kier molecular flexibility index (Phi) is 6.21. The maximum atomic E-state index is 14.0. The van der Waals surface area contributed by atoms with Crippen molar-refractivity contribution in [1.82, 2.24) is 4.90 Å². The Labute approximate surface area is 219 Å². The molecule has 3 nitrogen and oxygen atoms in total. The highest BCUT2D eigenvalue weighted by Crippen LogP contribution is 2.52. The van der Waals surface area contributed by atoms with E-state index in [1.54, 1.807) is 31.0 Å². The van der Waals surface area contributed by atoms with E-state index in [0.29, 0.717) is 5.92 Å². The van der Waals surface area contributed by atoms with Crippen LogP contribution >= 0.6 is 11.8 Å². The predicted molar refractivity (Wildman–Crippen MR) is 147 cm³/mol. The maximum absolute atomic E-state index is 14.0. The molecule has 2 heterocycles. The third-order valence-corrected chi connectivity index (χ3v) is 7.90. The molecule has 6 rings (SSSR count). The number of hydrogen-bond acceptors (Lipinski definition) is 4. The predicted octanol–water partition coefficient (Wildman–Crippen LogP) is 8.20. The van der Waals surface area contributed by atoms with Gasteiger partial charge in [-0.2, -0.15) is 0 Å². The summed E-state index contributed by atoms with van der Waals surface area (Å²) in [6, 6.07) is 21.3. The number of amidine groups is 1. The van der Waals surface area contributed by atoms with Gasteiger partial charge >= 0.3 is 0 Å². The Bertz CT molecular complexity index is 1450. The van der Waals surface area contributed by atoms with Crippen LogP contribution in [0.15, 0.2) is 100 Å². The second-order valence-electron chi connectivity index (χ2n) is 9.68. The van der Waals surface area contributed by atoms with E-state index in [2.05, 4.69) is 35.4 Å². The van der Waals surface area contributed by atoms with Gasteiger partial charge in [0.1, 0.15) is 17.4 Å². The number of thioether (sulfide) groups is 1. The van der Waals surface area contributed by atoms with Crippen LogP contribution in [0.25, 0.3) is 11.8 Å². The van der Waals surface area contributed by atoms with Crippen molar-refractivity contribution in [2.75, 3.05) is 7.11 Å². The summed E-state index contributed by atoms with van der Waals surface area (Å²) in [6.07, 6.45) is 3.92. The van der Waals surface area contributed by atoms with Gasteiger partial charge in [-0.25, -0.2) is 13.8 Å². The number of hydrogen-bond donors (Lipinski definition) is 0. The maximum Gasteiger partial charge on any atom is 0.174 e. The normalized spacial score (nSPS) is 21.9. The second kappa shape index (κ2) is 9.67. The van der Waals surface area contributed by atoms with E-state index < -0.39 is 0 Å². The molecule has 3 aliphatic rings. The molecule has 37 heavy (non-hydrogen) atoms. The van der Waals surface area contributed by atoms with Crippen LogP contribution in [0.4, 0.5) is 8.78 Å². The fourth-order valence-electron chi connectivity index (χ4n) is 5.37. The Morgan fingerprint density at radius 1 is 0.919 bits per heavy atom. The number of ether oxygens (including phenoxy) is 1. The summed E-state index contributed by atoms with van der Waals surface area (Å²) in [7, 11) is 1.66. The Hall–Kier alpha value is -3.64. The molecule has 1 aliphatic carbocycles. The summed E-state index contributed by atoms with van der Waals surface area (Å²) in [6.45, 7) is 2.25. The summed E-state index contributed by atoms with van der Waals surface area (Å²) in [5, 5.41) is 3.04. The summed E-state index contributed by atoms with van der Waals surface area (Å²) < 4.78 is 32.8.